The Morgan fingerprint density at radius 1 is 0.812 bits per heavy atom. The molecule has 1 heteroatoms. The molecule has 1 heterocycles. The van der Waals surface area contributed by atoms with E-state index in [4.69, 9.17) is 0 Å². The number of hydrogen-bond acceptors (Lipinski definition) is 0. The topological polar surface area (TPSA) is 4.93 Å². The van der Waals surface area contributed by atoms with Crippen LogP contribution < -0.4 is 0 Å². The van der Waals surface area contributed by atoms with Crippen LogP contribution in [0.4, 0.5) is 0 Å². The molecule has 0 saturated heterocycles. The Kier molecular flexibility index (Phi) is 2.03. The van der Waals surface area contributed by atoms with Gasteiger partial charge < -0.3 is 4.57 Å². The molecule has 0 bridgehead atoms. The van der Waals surface area contributed by atoms with E-state index in [1.807, 2.05) is 6.07 Å². The van der Waals surface area contributed by atoms with Crippen LogP contribution in [0.15, 0.2) is 60.8 Å². The number of benzene rings is 2. The van der Waals surface area contributed by atoms with Gasteiger partial charge in [-0.15, -0.1) is 0 Å². The summed E-state index contributed by atoms with van der Waals surface area (Å²) >= 11 is 0. The molecule has 0 amide bonds. The van der Waals surface area contributed by atoms with E-state index in [0.29, 0.717) is 0 Å². The maximum absolute atomic E-state index is 2.24. The monoisotopic (exact) mass is 207 g/mol. The standard InChI is InChI=1S/C15H13N/c1-12-6-5-7-13-10-11-16(15(12)13)14-8-3-2-4-9-14/h2-11H,1H3. The van der Waals surface area contributed by atoms with E-state index in [2.05, 4.69) is 66.2 Å². The minimum Gasteiger partial charge on any atom is -0.316 e. The molecule has 2 aromatic carbocycles. The predicted molar refractivity (Wildman–Crippen MR) is 68.0 cm³/mol. The summed E-state index contributed by atoms with van der Waals surface area (Å²) in [6.07, 6.45) is 2.13. The van der Waals surface area contributed by atoms with Gasteiger partial charge in [0, 0.05) is 17.3 Å². The molecule has 0 unspecified atom stereocenters. The largest absolute Gasteiger partial charge is 0.316 e. The van der Waals surface area contributed by atoms with Gasteiger partial charge in [0.05, 0.1) is 5.52 Å². The Morgan fingerprint density at radius 2 is 1.62 bits per heavy atom. The van der Waals surface area contributed by atoms with E-state index in [1.54, 1.807) is 0 Å². The van der Waals surface area contributed by atoms with Crippen LogP contribution in [0.5, 0.6) is 0 Å². The lowest BCUT2D eigenvalue weighted by Gasteiger charge is -2.07. The van der Waals surface area contributed by atoms with Crippen molar-refractivity contribution in [2.24, 2.45) is 0 Å². The molecule has 0 spiro atoms. The van der Waals surface area contributed by atoms with Gasteiger partial charge in [-0.3, -0.25) is 0 Å². The van der Waals surface area contributed by atoms with Crippen molar-refractivity contribution >= 4 is 10.9 Å². The number of fused-ring (bicyclic) bond motifs is 1. The maximum Gasteiger partial charge on any atom is 0.0557 e. The van der Waals surface area contributed by atoms with Gasteiger partial charge in [-0.2, -0.15) is 0 Å². The molecule has 3 aromatic rings. The number of hydrogen-bond donors (Lipinski definition) is 0. The highest BCUT2D eigenvalue weighted by Gasteiger charge is 2.04. The number of rotatable bonds is 1. The third kappa shape index (κ3) is 1.33. The van der Waals surface area contributed by atoms with Crippen LogP contribution in [0.2, 0.25) is 0 Å². The summed E-state index contributed by atoms with van der Waals surface area (Å²) in [5.74, 6) is 0. The Hall–Kier alpha value is -2.02. The molecular weight excluding hydrogens is 194 g/mol. The molecule has 0 saturated carbocycles. The second kappa shape index (κ2) is 3.53. The molecule has 1 nitrogen and oxygen atoms in total. The van der Waals surface area contributed by atoms with Crippen LogP contribution in [0.3, 0.4) is 0 Å². The van der Waals surface area contributed by atoms with Gasteiger partial charge in [-0.1, -0.05) is 36.4 Å². The van der Waals surface area contributed by atoms with Crippen LogP contribution in [0.1, 0.15) is 5.56 Å². The van der Waals surface area contributed by atoms with E-state index < -0.39 is 0 Å². The van der Waals surface area contributed by atoms with Gasteiger partial charge >= 0.3 is 0 Å². The fourth-order valence-corrected chi connectivity index (χ4v) is 2.18. The van der Waals surface area contributed by atoms with Gasteiger partial charge in [-0.05, 0) is 30.7 Å². The number of nitrogens with zero attached hydrogens (tertiary/aromatic N) is 1. The fraction of sp³-hybridized carbons (Fsp3) is 0.0667. The molecule has 0 fully saturated rings. The van der Waals surface area contributed by atoms with Gasteiger partial charge in [-0.25, -0.2) is 0 Å². The molecule has 0 N–H and O–H groups in total. The minimum atomic E-state index is 1.21. The highest BCUT2D eigenvalue weighted by atomic mass is 15.0. The van der Waals surface area contributed by atoms with Crippen LogP contribution in [-0.4, -0.2) is 4.57 Å². The summed E-state index contributed by atoms with van der Waals surface area (Å²) in [5, 5.41) is 1.30. The lowest BCUT2D eigenvalue weighted by Crippen LogP contribution is -1.92. The third-order valence-corrected chi connectivity index (χ3v) is 2.95. The summed E-state index contributed by atoms with van der Waals surface area (Å²) < 4.78 is 2.24. The molecule has 0 atom stereocenters. The molecule has 0 aliphatic carbocycles. The summed E-state index contributed by atoms with van der Waals surface area (Å²) in [5.41, 5.74) is 3.83. The summed E-state index contributed by atoms with van der Waals surface area (Å²) in [7, 11) is 0. The maximum atomic E-state index is 2.24. The summed E-state index contributed by atoms with van der Waals surface area (Å²) in [4.78, 5) is 0. The average Bonchev–Trinajstić information content (AvgIpc) is 2.75. The zero-order valence-electron chi connectivity index (χ0n) is 9.22. The SMILES string of the molecule is Cc1cccc2ccn(-c3ccccc3)c12. The smallest absolute Gasteiger partial charge is 0.0557 e. The zero-order valence-corrected chi connectivity index (χ0v) is 9.22. The van der Waals surface area contributed by atoms with E-state index in [-0.39, 0.29) is 0 Å². The molecule has 3 rings (SSSR count). The van der Waals surface area contributed by atoms with Gasteiger partial charge in [0.2, 0.25) is 0 Å². The van der Waals surface area contributed by atoms with E-state index in [1.165, 1.54) is 22.2 Å². The highest BCUT2D eigenvalue weighted by molar-refractivity contribution is 5.84. The van der Waals surface area contributed by atoms with Crippen LogP contribution in [-0.2, 0) is 0 Å². The van der Waals surface area contributed by atoms with E-state index in [0.717, 1.165) is 0 Å². The van der Waals surface area contributed by atoms with Crippen molar-refractivity contribution in [3.63, 3.8) is 0 Å². The van der Waals surface area contributed by atoms with Gasteiger partial charge in [0.1, 0.15) is 0 Å². The first-order valence-electron chi connectivity index (χ1n) is 5.48. The second-order valence-corrected chi connectivity index (χ2v) is 4.03. The van der Waals surface area contributed by atoms with Crippen LogP contribution in [0.25, 0.3) is 16.6 Å². The average molecular weight is 207 g/mol. The van der Waals surface area contributed by atoms with Crippen molar-refractivity contribution in [3.05, 3.63) is 66.4 Å². The Labute approximate surface area is 95.0 Å². The Balaban J connectivity index is 2.33. The van der Waals surface area contributed by atoms with Crippen molar-refractivity contribution in [3.8, 4) is 5.69 Å². The van der Waals surface area contributed by atoms with E-state index >= 15 is 0 Å². The van der Waals surface area contributed by atoms with Crippen LogP contribution in [0, 0.1) is 6.92 Å². The first-order chi connectivity index (χ1) is 7.86. The molecule has 0 aliphatic heterocycles. The van der Waals surface area contributed by atoms with Crippen molar-refractivity contribution < 1.29 is 0 Å². The van der Waals surface area contributed by atoms with Gasteiger partial charge in [0.15, 0.2) is 0 Å². The van der Waals surface area contributed by atoms with Crippen molar-refractivity contribution in [2.75, 3.05) is 0 Å². The Morgan fingerprint density at radius 3 is 2.44 bits per heavy atom. The first-order valence-corrected chi connectivity index (χ1v) is 5.48. The zero-order chi connectivity index (χ0) is 11.0. The summed E-state index contributed by atoms with van der Waals surface area (Å²) in [6, 6.07) is 19.0. The fourth-order valence-electron chi connectivity index (χ4n) is 2.18. The summed E-state index contributed by atoms with van der Waals surface area (Å²) in [6.45, 7) is 2.15. The lowest BCUT2D eigenvalue weighted by atomic mass is 10.1. The predicted octanol–water partition coefficient (Wildman–Crippen LogP) is 3.94. The van der Waals surface area contributed by atoms with Crippen molar-refractivity contribution in [1.29, 1.82) is 0 Å². The highest BCUT2D eigenvalue weighted by Crippen LogP contribution is 2.23. The number of para-hydroxylation sites is 2. The number of aryl methyl sites for hydroxylation is 1. The molecular formula is C15H13N. The Bertz CT molecular complexity index is 620. The quantitative estimate of drug-likeness (QED) is 0.569. The van der Waals surface area contributed by atoms with Crippen molar-refractivity contribution in [2.45, 2.75) is 6.92 Å². The normalized spacial score (nSPS) is 10.8. The molecule has 1 aromatic heterocycles. The molecule has 16 heavy (non-hydrogen) atoms. The molecule has 78 valence electrons. The van der Waals surface area contributed by atoms with E-state index in [9.17, 15) is 0 Å². The minimum absolute atomic E-state index is 1.21. The third-order valence-electron chi connectivity index (χ3n) is 2.95. The molecule has 0 aliphatic rings. The first kappa shape index (κ1) is 9.22. The second-order valence-electron chi connectivity index (χ2n) is 4.03. The lowest BCUT2D eigenvalue weighted by molar-refractivity contribution is 1.12. The van der Waals surface area contributed by atoms with Crippen LogP contribution >= 0.6 is 0 Å². The number of aromatic nitrogens is 1. The molecule has 0 radical (unpaired) electrons. The van der Waals surface area contributed by atoms with Crippen molar-refractivity contribution in [1.82, 2.24) is 4.57 Å². The van der Waals surface area contributed by atoms with Gasteiger partial charge in [0.25, 0.3) is 0 Å².